The molecule has 6 heteroatoms. The fourth-order valence-corrected chi connectivity index (χ4v) is 8.38. The first-order valence-corrected chi connectivity index (χ1v) is 30.1. The number of esters is 3. The molecule has 0 radical (unpaired) electrons. The van der Waals surface area contributed by atoms with Crippen LogP contribution < -0.4 is 0 Å². The van der Waals surface area contributed by atoms with E-state index in [-0.39, 0.29) is 31.1 Å². The average molecular weight is 990 g/mol. The summed E-state index contributed by atoms with van der Waals surface area (Å²) in [5.41, 5.74) is 0. The molecule has 0 aliphatic heterocycles. The van der Waals surface area contributed by atoms with Crippen molar-refractivity contribution in [2.45, 2.75) is 297 Å². The fourth-order valence-electron chi connectivity index (χ4n) is 8.38. The van der Waals surface area contributed by atoms with Crippen LogP contribution >= 0.6 is 0 Å². The maximum Gasteiger partial charge on any atom is 0.306 e. The number of unbranched alkanes of at least 4 members (excludes halogenated alkanes) is 29. The fraction of sp³-hybridized carbons (Fsp3) is 0.738. The Morgan fingerprint density at radius 2 is 0.549 bits per heavy atom. The van der Waals surface area contributed by atoms with Gasteiger partial charge in [-0.2, -0.15) is 0 Å². The Kier molecular flexibility index (Phi) is 56.3. The summed E-state index contributed by atoms with van der Waals surface area (Å²) < 4.78 is 16.9. The maximum absolute atomic E-state index is 12.9. The highest BCUT2D eigenvalue weighted by molar-refractivity contribution is 5.71. The van der Waals surface area contributed by atoms with Crippen molar-refractivity contribution in [3.63, 3.8) is 0 Å². The summed E-state index contributed by atoms with van der Waals surface area (Å²) in [7, 11) is 0. The van der Waals surface area contributed by atoms with Crippen LogP contribution in [0.25, 0.3) is 0 Å². The molecule has 0 spiro atoms. The normalized spacial score (nSPS) is 12.7. The molecule has 0 amide bonds. The van der Waals surface area contributed by atoms with Crippen molar-refractivity contribution in [2.75, 3.05) is 13.2 Å². The first kappa shape index (κ1) is 67.6. The topological polar surface area (TPSA) is 78.9 Å². The van der Waals surface area contributed by atoms with Gasteiger partial charge < -0.3 is 14.2 Å². The maximum atomic E-state index is 12.9. The lowest BCUT2D eigenvalue weighted by Crippen LogP contribution is -2.30. The Balaban J connectivity index is 4.37. The van der Waals surface area contributed by atoms with Gasteiger partial charge in [0.2, 0.25) is 0 Å². The van der Waals surface area contributed by atoms with E-state index >= 15 is 0 Å². The summed E-state index contributed by atoms with van der Waals surface area (Å²) in [6.07, 6.45) is 77.1. The van der Waals surface area contributed by atoms with E-state index < -0.39 is 6.10 Å². The standard InChI is InChI=1S/C65H112O6/c1-4-7-10-13-16-19-22-25-27-29-30-31-32-33-34-36-37-40-43-46-49-52-55-58-64(67)70-61-62(60-69-63(66)57-54-51-48-45-42-39-24-21-18-15-12-9-6-3)71-65(68)59-56-53-50-47-44-41-38-35-28-26-23-20-17-14-11-8-5-2/h7,10,16-17,19-20,25-28,30-31,33-34,62H,4-6,8-9,11-15,18,21-24,29,32,35-61H2,1-3H3/b10-7-,19-16-,20-17-,27-25-,28-26-,31-30-,34-33-. The van der Waals surface area contributed by atoms with Crippen molar-refractivity contribution >= 4 is 17.9 Å². The number of ether oxygens (including phenoxy) is 3. The second-order valence-electron chi connectivity index (χ2n) is 19.9. The van der Waals surface area contributed by atoms with E-state index in [1.807, 2.05) is 0 Å². The van der Waals surface area contributed by atoms with Crippen molar-refractivity contribution < 1.29 is 28.6 Å². The molecule has 0 fully saturated rings. The Morgan fingerprint density at radius 3 is 0.887 bits per heavy atom. The van der Waals surface area contributed by atoms with Gasteiger partial charge in [-0.15, -0.1) is 0 Å². The molecule has 0 bridgehead atoms. The van der Waals surface area contributed by atoms with Gasteiger partial charge in [0, 0.05) is 19.3 Å². The van der Waals surface area contributed by atoms with Crippen LogP contribution in [0, 0.1) is 0 Å². The first-order valence-electron chi connectivity index (χ1n) is 30.1. The van der Waals surface area contributed by atoms with Crippen LogP contribution in [0.5, 0.6) is 0 Å². The zero-order valence-electron chi connectivity index (χ0n) is 46.7. The molecule has 0 saturated heterocycles. The van der Waals surface area contributed by atoms with E-state index in [4.69, 9.17) is 14.2 Å². The number of hydrogen-bond acceptors (Lipinski definition) is 6. The quantitative estimate of drug-likeness (QED) is 0.0261. The number of rotatable bonds is 54. The molecule has 71 heavy (non-hydrogen) atoms. The van der Waals surface area contributed by atoms with E-state index in [9.17, 15) is 14.4 Å². The molecule has 0 aliphatic carbocycles. The molecule has 0 aliphatic rings. The minimum absolute atomic E-state index is 0.0810. The van der Waals surface area contributed by atoms with Gasteiger partial charge >= 0.3 is 17.9 Å². The molecule has 0 saturated carbocycles. The Labute approximate surface area is 439 Å². The SMILES string of the molecule is CC/C=C\C/C=C\C/C=C\C/C=C\C/C=C\CCCCCCCCCC(=O)OCC(COC(=O)CCCCCCCCCCCCCCC)OC(=O)CCCCCCCCC/C=C\C/C=C\CCCCC. The Hall–Kier alpha value is -3.41. The van der Waals surface area contributed by atoms with Gasteiger partial charge in [0.05, 0.1) is 0 Å². The van der Waals surface area contributed by atoms with Crippen LogP contribution in [0.3, 0.4) is 0 Å². The zero-order chi connectivity index (χ0) is 51.4. The third kappa shape index (κ3) is 57.4. The predicted octanol–water partition coefficient (Wildman–Crippen LogP) is 20.3. The highest BCUT2D eigenvalue weighted by Crippen LogP contribution is 2.16. The molecule has 408 valence electrons. The molecule has 6 nitrogen and oxygen atoms in total. The van der Waals surface area contributed by atoms with Crippen molar-refractivity contribution in [1.82, 2.24) is 0 Å². The number of carbonyl (C=O) groups is 3. The highest BCUT2D eigenvalue weighted by atomic mass is 16.6. The Morgan fingerprint density at radius 1 is 0.296 bits per heavy atom. The summed E-state index contributed by atoms with van der Waals surface area (Å²) >= 11 is 0. The molecule has 1 atom stereocenters. The number of hydrogen-bond donors (Lipinski definition) is 0. The summed E-state index contributed by atoms with van der Waals surface area (Å²) in [6, 6.07) is 0. The van der Waals surface area contributed by atoms with Gasteiger partial charge in [0.25, 0.3) is 0 Å². The summed E-state index contributed by atoms with van der Waals surface area (Å²) in [6.45, 7) is 6.51. The zero-order valence-corrected chi connectivity index (χ0v) is 46.7. The highest BCUT2D eigenvalue weighted by Gasteiger charge is 2.19. The van der Waals surface area contributed by atoms with E-state index in [0.717, 1.165) is 109 Å². The van der Waals surface area contributed by atoms with Crippen LogP contribution in [-0.2, 0) is 28.6 Å². The average Bonchev–Trinajstić information content (AvgIpc) is 3.37. The van der Waals surface area contributed by atoms with Crippen molar-refractivity contribution in [3.05, 3.63) is 85.1 Å². The van der Waals surface area contributed by atoms with Crippen LogP contribution in [0.2, 0.25) is 0 Å². The molecule has 0 N–H and O–H groups in total. The largest absolute Gasteiger partial charge is 0.462 e. The van der Waals surface area contributed by atoms with E-state index in [1.165, 1.54) is 141 Å². The minimum Gasteiger partial charge on any atom is -0.462 e. The second-order valence-corrected chi connectivity index (χ2v) is 19.9. The molecular weight excluding hydrogens is 877 g/mol. The third-order valence-electron chi connectivity index (χ3n) is 12.9. The van der Waals surface area contributed by atoms with Gasteiger partial charge in [-0.25, -0.2) is 0 Å². The van der Waals surface area contributed by atoms with E-state index in [0.29, 0.717) is 19.3 Å². The van der Waals surface area contributed by atoms with Crippen LogP contribution in [0.1, 0.15) is 290 Å². The third-order valence-corrected chi connectivity index (χ3v) is 12.9. The van der Waals surface area contributed by atoms with Crippen molar-refractivity contribution in [1.29, 1.82) is 0 Å². The first-order chi connectivity index (χ1) is 35.0. The minimum atomic E-state index is -0.785. The summed E-state index contributed by atoms with van der Waals surface area (Å²) in [5, 5.41) is 0. The number of carbonyl (C=O) groups excluding carboxylic acids is 3. The van der Waals surface area contributed by atoms with Crippen molar-refractivity contribution in [3.8, 4) is 0 Å². The Bertz CT molecular complexity index is 1370. The number of allylic oxidation sites excluding steroid dienone is 14. The van der Waals surface area contributed by atoms with E-state index in [2.05, 4.69) is 106 Å². The predicted molar refractivity (Wildman–Crippen MR) is 307 cm³/mol. The lowest BCUT2D eigenvalue weighted by molar-refractivity contribution is -0.167. The van der Waals surface area contributed by atoms with Crippen LogP contribution in [0.15, 0.2) is 85.1 Å². The molecule has 0 aromatic heterocycles. The van der Waals surface area contributed by atoms with E-state index in [1.54, 1.807) is 0 Å². The summed E-state index contributed by atoms with van der Waals surface area (Å²) in [5.74, 6) is -0.891. The molecule has 1 unspecified atom stereocenters. The van der Waals surface area contributed by atoms with Gasteiger partial charge in [-0.3, -0.25) is 14.4 Å². The van der Waals surface area contributed by atoms with Gasteiger partial charge in [-0.1, -0.05) is 260 Å². The molecule has 0 heterocycles. The smallest absolute Gasteiger partial charge is 0.306 e. The van der Waals surface area contributed by atoms with Crippen LogP contribution in [0.4, 0.5) is 0 Å². The molecule has 0 rings (SSSR count). The van der Waals surface area contributed by atoms with Crippen molar-refractivity contribution in [2.24, 2.45) is 0 Å². The summed E-state index contributed by atoms with van der Waals surface area (Å²) in [4.78, 5) is 38.2. The monoisotopic (exact) mass is 989 g/mol. The molecular formula is C65H112O6. The van der Waals surface area contributed by atoms with Crippen LogP contribution in [-0.4, -0.2) is 37.2 Å². The van der Waals surface area contributed by atoms with Gasteiger partial charge in [0.1, 0.15) is 13.2 Å². The lowest BCUT2D eigenvalue weighted by Gasteiger charge is -2.18. The van der Waals surface area contributed by atoms with Gasteiger partial charge in [-0.05, 0) is 96.3 Å². The molecule has 0 aromatic rings. The lowest BCUT2D eigenvalue weighted by atomic mass is 10.0. The van der Waals surface area contributed by atoms with Gasteiger partial charge in [0.15, 0.2) is 6.10 Å². The second kappa shape index (κ2) is 59.2. The molecule has 0 aromatic carbocycles.